The average molecular weight is 334 g/mol. The first-order chi connectivity index (χ1) is 11.1. The van der Waals surface area contributed by atoms with Gasteiger partial charge in [0.25, 0.3) is 0 Å². The van der Waals surface area contributed by atoms with Crippen LogP contribution in [0.1, 0.15) is 18.4 Å². The van der Waals surface area contributed by atoms with Gasteiger partial charge in [0.1, 0.15) is 0 Å². The van der Waals surface area contributed by atoms with Crippen molar-refractivity contribution in [2.24, 2.45) is 5.92 Å². The van der Waals surface area contributed by atoms with Gasteiger partial charge in [-0.25, -0.2) is 4.79 Å². The number of likely N-dealkylation sites (tertiary alicyclic amines) is 1. The summed E-state index contributed by atoms with van der Waals surface area (Å²) in [5, 5.41) is 11.3. The molecule has 2 amide bonds. The van der Waals surface area contributed by atoms with Gasteiger partial charge in [0.2, 0.25) is 0 Å². The molecule has 122 valence electrons. The minimum Gasteiger partial charge on any atom is -0.324 e. The van der Waals surface area contributed by atoms with E-state index in [-0.39, 0.29) is 6.03 Å². The molecule has 23 heavy (non-hydrogen) atoms. The van der Waals surface area contributed by atoms with E-state index >= 15 is 0 Å². The van der Waals surface area contributed by atoms with Crippen LogP contribution in [0.3, 0.4) is 0 Å². The van der Waals surface area contributed by atoms with Gasteiger partial charge in [0, 0.05) is 25.8 Å². The molecule has 1 fully saturated rings. The summed E-state index contributed by atoms with van der Waals surface area (Å²) in [5.74, 6) is 0.392. The van der Waals surface area contributed by atoms with E-state index < -0.39 is 0 Å². The highest BCUT2D eigenvalue weighted by Gasteiger charge is 2.24. The zero-order valence-corrected chi connectivity index (χ0v) is 13.8. The third kappa shape index (κ3) is 3.82. The molecule has 0 unspecified atom stereocenters. The topological polar surface area (TPSA) is 63.1 Å². The Balaban J connectivity index is 1.63. The molecule has 3 rings (SSSR count). The Kier molecular flexibility index (Phi) is 4.81. The Morgan fingerprint density at radius 1 is 1.48 bits per heavy atom. The van der Waals surface area contributed by atoms with Crippen molar-refractivity contribution in [2.45, 2.75) is 26.3 Å². The number of piperidine rings is 1. The van der Waals surface area contributed by atoms with Crippen molar-refractivity contribution in [3.05, 3.63) is 41.2 Å². The number of halogens is 1. The predicted molar refractivity (Wildman–Crippen MR) is 89.5 cm³/mol. The second-order valence-corrected chi connectivity index (χ2v) is 6.35. The summed E-state index contributed by atoms with van der Waals surface area (Å²) in [5.41, 5.74) is 1.65. The molecular formula is C16H20ClN5O. The number of aromatic nitrogens is 3. The fraction of sp³-hybridized carbons (Fsp3) is 0.438. The number of urea groups is 1. The number of hydrogen-bond donors (Lipinski definition) is 1. The monoisotopic (exact) mass is 333 g/mol. The van der Waals surface area contributed by atoms with E-state index in [2.05, 4.69) is 15.6 Å². The van der Waals surface area contributed by atoms with Gasteiger partial charge in [0.05, 0.1) is 16.9 Å². The molecule has 0 saturated carbocycles. The molecule has 1 aromatic heterocycles. The van der Waals surface area contributed by atoms with Crippen LogP contribution in [0.4, 0.5) is 10.5 Å². The van der Waals surface area contributed by atoms with Gasteiger partial charge < -0.3 is 10.2 Å². The fourth-order valence-electron chi connectivity index (χ4n) is 2.97. The standard InChI is InChI=1S/C16H20ClN5O/c1-12-4-2-6-14(17)15(12)19-16(23)21-8-3-5-13(10-21)11-22-9-7-18-20-22/h2,4,6-7,9,13H,3,5,8,10-11H2,1H3,(H,19,23)/t13-/m0/s1. The molecule has 2 heterocycles. The zero-order valence-electron chi connectivity index (χ0n) is 13.1. The number of nitrogens with one attached hydrogen (secondary N) is 1. The van der Waals surface area contributed by atoms with Gasteiger partial charge in [-0.3, -0.25) is 4.68 Å². The molecule has 0 spiro atoms. The molecule has 0 bridgehead atoms. The normalized spacial score (nSPS) is 18.0. The van der Waals surface area contributed by atoms with E-state index in [4.69, 9.17) is 11.6 Å². The van der Waals surface area contributed by atoms with Crippen LogP contribution >= 0.6 is 11.6 Å². The van der Waals surface area contributed by atoms with Crippen molar-refractivity contribution in [1.29, 1.82) is 0 Å². The lowest BCUT2D eigenvalue weighted by Crippen LogP contribution is -2.43. The average Bonchev–Trinajstić information content (AvgIpc) is 3.04. The summed E-state index contributed by atoms with van der Waals surface area (Å²) in [4.78, 5) is 14.4. The first kappa shape index (κ1) is 15.8. The van der Waals surface area contributed by atoms with Crippen LogP contribution in [-0.2, 0) is 6.54 Å². The lowest BCUT2D eigenvalue weighted by atomic mass is 9.98. The van der Waals surface area contributed by atoms with E-state index in [1.54, 1.807) is 12.3 Å². The van der Waals surface area contributed by atoms with Crippen molar-refractivity contribution in [2.75, 3.05) is 18.4 Å². The summed E-state index contributed by atoms with van der Waals surface area (Å²) in [7, 11) is 0. The first-order valence-corrected chi connectivity index (χ1v) is 8.16. The Bertz CT molecular complexity index is 653. The van der Waals surface area contributed by atoms with Gasteiger partial charge in [-0.05, 0) is 37.3 Å². The van der Waals surface area contributed by atoms with E-state index in [0.29, 0.717) is 16.6 Å². The minimum absolute atomic E-state index is 0.0931. The molecule has 1 aliphatic rings. The number of nitrogens with zero attached hydrogens (tertiary/aromatic N) is 4. The Labute approximate surface area is 140 Å². The number of benzene rings is 1. The number of carbonyl (C=O) groups excluding carboxylic acids is 1. The second-order valence-electron chi connectivity index (χ2n) is 5.94. The van der Waals surface area contributed by atoms with Crippen molar-refractivity contribution >= 4 is 23.3 Å². The molecule has 1 N–H and O–H groups in total. The molecule has 1 aromatic carbocycles. The number of hydrogen-bond acceptors (Lipinski definition) is 3. The van der Waals surface area contributed by atoms with Gasteiger partial charge in [-0.2, -0.15) is 0 Å². The smallest absolute Gasteiger partial charge is 0.321 e. The fourth-order valence-corrected chi connectivity index (χ4v) is 3.24. The summed E-state index contributed by atoms with van der Waals surface area (Å²) in [6.07, 6.45) is 5.61. The van der Waals surface area contributed by atoms with Crippen LogP contribution in [0.5, 0.6) is 0 Å². The van der Waals surface area contributed by atoms with Gasteiger partial charge in [0.15, 0.2) is 0 Å². The highest BCUT2D eigenvalue weighted by molar-refractivity contribution is 6.33. The highest BCUT2D eigenvalue weighted by Crippen LogP contribution is 2.26. The molecular weight excluding hydrogens is 314 g/mol. The van der Waals surface area contributed by atoms with Gasteiger partial charge in [-0.15, -0.1) is 5.10 Å². The highest BCUT2D eigenvalue weighted by atomic mass is 35.5. The first-order valence-electron chi connectivity index (χ1n) is 7.78. The molecule has 1 atom stereocenters. The quantitative estimate of drug-likeness (QED) is 0.938. The number of rotatable bonds is 3. The third-order valence-corrected chi connectivity index (χ3v) is 4.49. The molecule has 6 nitrogen and oxygen atoms in total. The summed E-state index contributed by atoms with van der Waals surface area (Å²) < 4.78 is 1.82. The number of para-hydroxylation sites is 1. The lowest BCUT2D eigenvalue weighted by molar-refractivity contribution is 0.168. The molecule has 1 saturated heterocycles. The molecule has 0 aliphatic carbocycles. The van der Waals surface area contributed by atoms with Crippen molar-refractivity contribution in [3.63, 3.8) is 0 Å². The number of aryl methyl sites for hydroxylation is 1. The lowest BCUT2D eigenvalue weighted by Gasteiger charge is -2.32. The Hall–Kier alpha value is -2.08. The van der Waals surface area contributed by atoms with Crippen LogP contribution < -0.4 is 5.32 Å². The summed E-state index contributed by atoms with van der Waals surface area (Å²) in [6, 6.07) is 5.51. The van der Waals surface area contributed by atoms with Gasteiger partial charge >= 0.3 is 6.03 Å². The molecule has 1 aliphatic heterocycles. The maximum atomic E-state index is 12.5. The number of anilines is 1. The largest absolute Gasteiger partial charge is 0.324 e. The van der Waals surface area contributed by atoms with E-state index in [1.807, 2.05) is 34.8 Å². The van der Waals surface area contributed by atoms with Crippen LogP contribution in [0.2, 0.25) is 5.02 Å². The summed E-state index contributed by atoms with van der Waals surface area (Å²) in [6.45, 7) is 4.21. The Morgan fingerprint density at radius 3 is 3.09 bits per heavy atom. The zero-order chi connectivity index (χ0) is 16.2. The van der Waals surface area contributed by atoms with Crippen LogP contribution in [-0.4, -0.2) is 39.0 Å². The second kappa shape index (κ2) is 7.00. The molecule has 0 radical (unpaired) electrons. The van der Waals surface area contributed by atoms with Gasteiger partial charge in [-0.1, -0.05) is 28.9 Å². The van der Waals surface area contributed by atoms with Crippen LogP contribution in [0.25, 0.3) is 0 Å². The summed E-state index contributed by atoms with van der Waals surface area (Å²) >= 11 is 6.18. The van der Waals surface area contributed by atoms with E-state index in [1.165, 1.54) is 0 Å². The van der Waals surface area contributed by atoms with Crippen LogP contribution in [0.15, 0.2) is 30.6 Å². The van der Waals surface area contributed by atoms with E-state index in [0.717, 1.165) is 38.0 Å². The van der Waals surface area contributed by atoms with Crippen molar-refractivity contribution in [3.8, 4) is 0 Å². The van der Waals surface area contributed by atoms with Crippen molar-refractivity contribution < 1.29 is 4.79 Å². The maximum Gasteiger partial charge on any atom is 0.321 e. The maximum absolute atomic E-state index is 12.5. The minimum atomic E-state index is -0.0931. The SMILES string of the molecule is Cc1cccc(Cl)c1NC(=O)N1CCC[C@H](Cn2ccnn2)C1. The van der Waals surface area contributed by atoms with E-state index in [9.17, 15) is 4.79 Å². The Morgan fingerprint density at radius 2 is 2.35 bits per heavy atom. The van der Waals surface area contributed by atoms with Crippen LogP contribution in [0, 0.1) is 12.8 Å². The molecule has 7 heteroatoms. The predicted octanol–water partition coefficient (Wildman–Crippen LogP) is 3.18. The number of carbonyl (C=O) groups is 1. The molecule has 2 aromatic rings. The van der Waals surface area contributed by atoms with Crippen molar-refractivity contribution in [1.82, 2.24) is 19.9 Å². The number of amides is 2. The third-order valence-electron chi connectivity index (χ3n) is 4.18.